The fraction of sp³-hybridized carbons (Fsp3) is 0.900. The van der Waals surface area contributed by atoms with Crippen molar-refractivity contribution in [3.63, 3.8) is 0 Å². The minimum Gasteiger partial charge on any atom is -0.359 e. The Morgan fingerprint density at radius 3 is 2.77 bits per heavy atom. The van der Waals surface area contributed by atoms with Gasteiger partial charge in [-0.1, -0.05) is 12.8 Å². The number of amides is 1. The molecule has 1 rings (SSSR count). The molecule has 76 valence electrons. The highest BCUT2D eigenvalue weighted by Crippen LogP contribution is 2.26. The average Bonchev–Trinajstić information content (AvgIpc) is 2.16. The molecule has 3 heteroatoms. The lowest BCUT2D eigenvalue weighted by molar-refractivity contribution is -0.120. The quantitative estimate of drug-likeness (QED) is 0.688. The summed E-state index contributed by atoms with van der Waals surface area (Å²) in [6.45, 7) is 0. The average molecular weight is 184 g/mol. The number of nitrogens with two attached hydrogens (primary N) is 1. The smallest absolute Gasteiger partial charge is 0.219 e. The van der Waals surface area contributed by atoms with Crippen molar-refractivity contribution in [2.75, 3.05) is 7.05 Å². The van der Waals surface area contributed by atoms with Crippen LogP contribution in [0.2, 0.25) is 0 Å². The Labute approximate surface area is 80.1 Å². The standard InChI is InChI=1S/C10H20N2O/c1-12-10(13)7-6-8-4-2-3-5-9(8)11/h8-9H,2-7,11H2,1H3,(H,12,13)/t8-,9+/m1/s1. The molecule has 1 aliphatic carbocycles. The van der Waals surface area contributed by atoms with Crippen molar-refractivity contribution in [3.8, 4) is 0 Å². The van der Waals surface area contributed by atoms with Crippen molar-refractivity contribution in [1.82, 2.24) is 5.32 Å². The van der Waals surface area contributed by atoms with Gasteiger partial charge in [-0.05, 0) is 25.2 Å². The van der Waals surface area contributed by atoms with E-state index < -0.39 is 0 Å². The lowest BCUT2D eigenvalue weighted by atomic mass is 9.82. The number of rotatable bonds is 3. The van der Waals surface area contributed by atoms with Crippen LogP contribution in [0.1, 0.15) is 38.5 Å². The maximum absolute atomic E-state index is 11.0. The molecule has 1 fully saturated rings. The van der Waals surface area contributed by atoms with Gasteiger partial charge in [0.05, 0.1) is 0 Å². The Balaban J connectivity index is 2.22. The van der Waals surface area contributed by atoms with Crippen LogP contribution >= 0.6 is 0 Å². The largest absolute Gasteiger partial charge is 0.359 e. The second-order valence-corrected chi connectivity index (χ2v) is 3.92. The van der Waals surface area contributed by atoms with Crippen LogP contribution in [0.5, 0.6) is 0 Å². The zero-order valence-corrected chi connectivity index (χ0v) is 8.38. The summed E-state index contributed by atoms with van der Waals surface area (Å²) < 4.78 is 0. The van der Waals surface area contributed by atoms with Crippen LogP contribution in [0.3, 0.4) is 0 Å². The molecule has 1 saturated carbocycles. The molecule has 13 heavy (non-hydrogen) atoms. The van der Waals surface area contributed by atoms with Gasteiger partial charge in [-0.3, -0.25) is 4.79 Å². The van der Waals surface area contributed by atoms with Gasteiger partial charge in [0, 0.05) is 19.5 Å². The van der Waals surface area contributed by atoms with Crippen molar-refractivity contribution in [2.24, 2.45) is 11.7 Å². The van der Waals surface area contributed by atoms with Gasteiger partial charge >= 0.3 is 0 Å². The van der Waals surface area contributed by atoms with Gasteiger partial charge in [0.25, 0.3) is 0 Å². The zero-order valence-electron chi connectivity index (χ0n) is 8.38. The predicted molar refractivity (Wildman–Crippen MR) is 53.2 cm³/mol. The fourth-order valence-corrected chi connectivity index (χ4v) is 2.04. The maximum Gasteiger partial charge on any atom is 0.219 e. The summed E-state index contributed by atoms with van der Waals surface area (Å²) in [7, 11) is 1.68. The lowest BCUT2D eigenvalue weighted by Gasteiger charge is -2.28. The van der Waals surface area contributed by atoms with Gasteiger partial charge in [-0.25, -0.2) is 0 Å². The second-order valence-electron chi connectivity index (χ2n) is 3.92. The number of carbonyl (C=O) groups is 1. The molecule has 2 atom stereocenters. The number of nitrogens with one attached hydrogen (secondary N) is 1. The highest BCUT2D eigenvalue weighted by Gasteiger charge is 2.21. The molecule has 1 aliphatic rings. The minimum absolute atomic E-state index is 0.137. The summed E-state index contributed by atoms with van der Waals surface area (Å²) in [4.78, 5) is 11.0. The molecule has 3 N–H and O–H groups in total. The lowest BCUT2D eigenvalue weighted by Crippen LogP contribution is -2.33. The molecule has 0 heterocycles. The van der Waals surface area contributed by atoms with Crippen molar-refractivity contribution < 1.29 is 4.79 Å². The highest BCUT2D eigenvalue weighted by molar-refractivity contribution is 5.75. The van der Waals surface area contributed by atoms with Crippen molar-refractivity contribution >= 4 is 5.91 Å². The van der Waals surface area contributed by atoms with Crippen LogP contribution < -0.4 is 11.1 Å². The van der Waals surface area contributed by atoms with E-state index in [-0.39, 0.29) is 5.91 Å². The van der Waals surface area contributed by atoms with E-state index in [1.165, 1.54) is 19.3 Å². The van der Waals surface area contributed by atoms with Crippen molar-refractivity contribution in [3.05, 3.63) is 0 Å². The van der Waals surface area contributed by atoms with Gasteiger partial charge < -0.3 is 11.1 Å². The molecule has 0 aromatic rings. The third kappa shape index (κ3) is 3.35. The molecule has 0 aliphatic heterocycles. The van der Waals surface area contributed by atoms with Gasteiger partial charge in [0.1, 0.15) is 0 Å². The topological polar surface area (TPSA) is 55.1 Å². The van der Waals surface area contributed by atoms with Gasteiger partial charge in [-0.2, -0.15) is 0 Å². The first kappa shape index (κ1) is 10.5. The Hall–Kier alpha value is -0.570. The van der Waals surface area contributed by atoms with E-state index in [0.29, 0.717) is 18.4 Å². The van der Waals surface area contributed by atoms with Crippen LogP contribution in [0.25, 0.3) is 0 Å². The zero-order chi connectivity index (χ0) is 9.68. The molecule has 0 unspecified atom stereocenters. The molecular weight excluding hydrogens is 164 g/mol. The number of hydrogen-bond acceptors (Lipinski definition) is 2. The van der Waals surface area contributed by atoms with Crippen LogP contribution in [-0.4, -0.2) is 19.0 Å². The highest BCUT2D eigenvalue weighted by atomic mass is 16.1. The molecule has 0 bridgehead atoms. The normalized spacial score (nSPS) is 28.5. The molecule has 0 aromatic heterocycles. The first-order chi connectivity index (χ1) is 6.24. The van der Waals surface area contributed by atoms with E-state index in [4.69, 9.17) is 5.73 Å². The van der Waals surface area contributed by atoms with E-state index in [2.05, 4.69) is 5.32 Å². The number of hydrogen-bond donors (Lipinski definition) is 2. The summed E-state index contributed by atoms with van der Waals surface area (Å²) >= 11 is 0. The van der Waals surface area contributed by atoms with Crippen LogP contribution in [0, 0.1) is 5.92 Å². The van der Waals surface area contributed by atoms with E-state index in [1.54, 1.807) is 7.05 Å². The monoisotopic (exact) mass is 184 g/mol. The van der Waals surface area contributed by atoms with Crippen LogP contribution in [0.4, 0.5) is 0 Å². The van der Waals surface area contributed by atoms with Crippen molar-refractivity contribution in [2.45, 2.75) is 44.6 Å². The third-order valence-electron chi connectivity index (χ3n) is 2.99. The minimum atomic E-state index is 0.137. The summed E-state index contributed by atoms with van der Waals surface area (Å²) in [6, 6.07) is 0.332. The van der Waals surface area contributed by atoms with E-state index in [0.717, 1.165) is 12.8 Å². The first-order valence-electron chi connectivity index (χ1n) is 5.20. The first-order valence-corrected chi connectivity index (χ1v) is 5.20. The molecule has 1 amide bonds. The maximum atomic E-state index is 11.0. The molecule has 3 nitrogen and oxygen atoms in total. The Kier molecular flexibility index (Phi) is 4.22. The van der Waals surface area contributed by atoms with E-state index in [1.807, 2.05) is 0 Å². The van der Waals surface area contributed by atoms with E-state index >= 15 is 0 Å². The summed E-state index contributed by atoms with van der Waals surface area (Å²) in [6.07, 6.45) is 6.48. The predicted octanol–water partition coefficient (Wildman–Crippen LogP) is 1.03. The van der Waals surface area contributed by atoms with Crippen LogP contribution in [-0.2, 0) is 4.79 Å². The summed E-state index contributed by atoms with van der Waals surface area (Å²) in [5.74, 6) is 0.712. The second kappa shape index (κ2) is 5.22. The van der Waals surface area contributed by atoms with Gasteiger partial charge in [0.2, 0.25) is 5.91 Å². The molecule has 0 saturated heterocycles. The Morgan fingerprint density at radius 1 is 1.46 bits per heavy atom. The molecule has 0 spiro atoms. The summed E-state index contributed by atoms with van der Waals surface area (Å²) in [5, 5.41) is 2.64. The molecule has 0 radical (unpaired) electrons. The molecular formula is C10H20N2O. The van der Waals surface area contributed by atoms with Gasteiger partial charge in [-0.15, -0.1) is 0 Å². The Bertz CT molecular complexity index is 170. The Morgan fingerprint density at radius 2 is 2.15 bits per heavy atom. The van der Waals surface area contributed by atoms with Crippen LogP contribution in [0.15, 0.2) is 0 Å². The fourth-order valence-electron chi connectivity index (χ4n) is 2.04. The van der Waals surface area contributed by atoms with E-state index in [9.17, 15) is 4.79 Å². The van der Waals surface area contributed by atoms with Gasteiger partial charge in [0.15, 0.2) is 0 Å². The SMILES string of the molecule is CNC(=O)CC[C@H]1CCCC[C@@H]1N. The third-order valence-corrected chi connectivity index (χ3v) is 2.99. The molecule has 0 aromatic carbocycles. The number of carbonyl (C=O) groups excluding carboxylic acids is 1. The summed E-state index contributed by atoms with van der Waals surface area (Å²) in [5.41, 5.74) is 5.97. The van der Waals surface area contributed by atoms with Crippen molar-refractivity contribution in [1.29, 1.82) is 0 Å².